The summed E-state index contributed by atoms with van der Waals surface area (Å²) in [6, 6.07) is 0. The van der Waals surface area contributed by atoms with Gasteiger partial charge in [0, 0.05) is 0 Å². The molecule has 3 nitrogen and oxygen atoms in total. The predicted octanol–water partition coefficient (Wildman–Crippen LogP) is 1.44. The molecule has 0 fully saturated rings. The molecule has 0 rings (SSSR count). The topological polar surface area (TPSA) is 57.5 Å². The van der Waals surface area contributed by atoms with E-state index in [-0.39, 0.29) is 13.0 Å². The molecule has 10 heavy (non-hydrogen) atoms. The van der Waals surface area contributed by atoms with E-state index >= 15 is 0 Å². The van der Waals surface area contributed by atoms with Crippen LogP contribution in [0.5, 0.6) is 0 Å². The number of aliphatic hydroxyl groups is 1. The van der Waals surface area contributed by atoms with Crippen LogP contribution in [-0.2, 0) is 4.79 Å². The van der Waals surface area contributed by atoms with E-state index in [9.17, 15) is 4.79 Å². The summed E-state index contributed by atoms with van der Waals surface area (Å²) in [6.07, 6.45) is -0.153. The van der Waals surface area contributed by atoms with E-state index in [1.165, 1.54) is 0 Å². The molecule has 0 atom stereocenters. The zero-order chi connectivity index (χ0) is 8.57. The Hall–Kier alpha value is 0.300. The molecule has 0 spiro atoms. The first-order valence-corrected chi connectivity index (χ1v) is 3.56. The largest absolute Gasteiger partial charge is 0.481 e. The molecule has 2 N–H and O–H groups in total. The summed E-state index contributed by atoms with van der Waals surface area (Å²) >= 11 is 14.4. The smallest absolute Gasteiger partial charge is 0.305 e. The van der Waals surface area contributed by atoms with Crippen LogP contribution in [0.3, 0.4) is 0 Å². The third-order valence-corrected chi connectivity index (χ3v) is 0.326. The summed E-state index contributed by atoms with van der Waals surface area (Å²) in [5.74, 6) is -0.961. The number of aliphatic hydroxyl groups excluding tert-OH is 1. The Morgan fingerprint density at radius 1 is 1.40 bits per heavy atom. The highest BCUT2D eigenvalue weighted by molar-refractivity contribution is 6.63. The van der Waals surface area contributed by atoms with E-state index < -0.39 is 10.3 Å². The van der Waals surface area contributed by atoms with Gasteiger partial charge in [-0.15, -0.1) is 0 Å². The minimum Gasteiger partial charge on any atom is -0.481 e. The molecule has 0 bridgehead atoms. The number of carbonyl (C=O) groups is 1. The molecule has 0 saturated heterocycles. The van der Waals surface area contributed by atoms with Crippen molar-refractivity contribution in [3.8, 4) is 0 Å². The zero-order valence-corrected chi connectivity index (χ0v) is 7.20. The lowest BCUT2D eigenvalue weighted by Crippen LogP contribution is -1.96. The summed E-state index contributed by atoms with van der Waals surface area (Å²) in [5.41, 5.74) is 0. The van der Waals surface area contributed by atoms with Gasteiger partial charge in [0.2, 0.25) is 0 Å². The van der Waals surface area contributed by atoms with Crippen molar-refractivity contribution in [1.29, 1.82) is 0 Å². The Balaban J connectivity index is 0. The Labute approximate surface area is 73.5 Å². The Bertz CT molecular complexity index is 83.1. The summed E-state index contributed by atoms with van der Waals surface area (Å²) in [7, 11) is 0. The molecule has 0 aromatic carbocycles. The molecule has 0 aliphatic heterocycles. The van der Waals surface area contributed by atoms with Crippen LogP contribution in [0.4, 0.5) is 0 Å². The van der Waals surface area contributed by atoms with Crippen LogP contribution in [0.15, 0.2) is 0 Å². The average Bonchev–Trinajstić information content (AvgIpc) is 1.62. The van der Waals surface area contributed by atoms with Gasteiger partial charge in [0.05, 0.1) is 13.0 Å². The Kier molecular flexibility index (Phi) is 12.0. The number of aliphatic carboxylic acids is 1. The molecule has 0 unspecified atom stereocenters. The molecule has 6 heteroatoms. The molecule has 0 aromatic heterocycles. The average molecular weight is 209 g/mol. The second-order valence-electron chi connectivity index (χ2n) is 1.11. The van der Waals surface area contributed by atoms with Gasteiger partial charge in [-0.1, -0.05) is 34.8 Å². The minimum atomic E-state index is -0.961. The highest BCUT2D eigenvalue weighted by Crippen LogP contribution is 2.03. The molecule has 0 saturated carbocycles. The molecule has 0 amide bonds. The minimum absolute atomic E-state index is 0.153. The van der Waals surface area contributed by atoms with Crippen LogP contribution in [0.2, 0.25) is 0 Å². The number of hydrogen-bond donors (Lipinski definition) is 2. The predicted molar refractivity (Wildman–Crippen MR) is 40.7 cm³/mol. The van der Waals surface area contributed by atoms with Crippen molar-refractivity contribution in [1.82, 2.24) is 0 Å². The summed E-state index contributed by atoms with van der Waals surface area (Å²) in [4.78, 5) is 9.44. The standard InChI is InChI=1S/C3H6O3.CHCl3/c4-2-1-3(5)6;2-1(3)4/h4H,1-2H2,(H,5,6);1H. The summed E-state index contributed by atoms with van der Waals surface area (Å²) in [6.45, 7) is -0.269. The maximum absolute atomic E-state index is 9.44. The van der Waals surface area contributed by atoms with Crippen LogP contribution in [-0.4, -0.2) is 27.1 Å². The first kappa shape index (κ1) is 12.9. The molecular weight excluding hydrogens is 202 g/mol. The lowest BCUT2D eigenvalue weighted by Gasteiger charge is -1.79. The van der Waals surface area contributed by atoms with E-state index in [1.807, 2.05) is 0 Å². The first-order chi connectivity index (χ1) is 4.50. The fraction of sp³-hybridized carbons (Fsp3) is 0.750. The number of halogens is 3. The van der Waals surface area contributed by atoms with Crippen LogP contribution in [0.25, 0.3) is 0 Å². The third kappa shape index (κ3) is 40.6. The lowest BCUT2D eigenvalue weighted by molar-refractivity contribution is -0.137. The van der Waals surface area contributed by atoms with Crippen molar-refractivity contribution in [2.24, 2.45) is 0 Å². The lowest BCUT2D eigenvalue weighted by atomic mass is 10.5. The molecule has 0 radical (unpaired) electrons. The van der Waals surface area contributed by atoms with Crippen LogP contribution < -0.4 is 0 Å². The highest BCUT2D eigenvalue weighted by atomic mass is 35.6. The fourth-order valence-corrected chi connectivity index (χ4v) is 0.0956. The van der Waals surface area contributed by atoms with Gasteiger partial charge in [-0.2, -0.15) is 0 Å². The van der Waals surface area contributed by atoms with E-state index in [0.717, 1.165) is 0 Å². The molecule has 0 aliphatic rings. The van der Waals surface area contributed by atoms with Gasteiger partial charge < -0.3 is 10.2 Å². The van der Waals surface area contributed by atoms with Crippen molar-refractivity contribution in [3.05, 3.63) is 0 Å². The molecule has 0 aromatic rings. The second kappa shape index (κ2) is 9.30. The number of carboxylic acids is 1. The Morgan fingerprint density at radius 2 is 1.70 bits per heavy atom. The number of alkyl halides is 3. The van der Waals surface area contributed by atoms with Gasteiger partial charge in [-0.25, -0.2) is 0 Å². The number of hydrogen-bond acceptors (Lipinski definition) is 2. The van der Waals surface area contributed by atoms with Gasteiger partial charge in [0.25, 0.3) is 0 Å². The fourth-order valence-electron chi connectivity index (χ4n) is 0.0956. The van der Waals surface area contributed by atoms with Crippen molar-refractivity contribution in [2.45, 2.75) is 10.7 Å². The van der Waals surface area contributed by atoms with Gasteiger partial charge in [0.15, 0.2) is 4.30 Å². The molecule has 62 valence electrons. The maximum atomic E-state index is 9.44. The second-order valence-corrected chi connectivity index (χ2v) is 3.09. The van der Waals surface area contributed by atoms with E-state index in [2.05, 4.69) is 0 Å². The van der Waals surface area contributed by atoms with Gasteiger partial charge in [-0.3, -0.25) is 4.79 Å². The monoisotopic (exact) mass is 208 g/mol. The van der Waals surface area contributed by atoms with Gasteiger partial charge in [0.1, 0.15) is 0 Å². The van der Waals surface area contributed by atoms with Crippen LogP contribution >= 0.6 is 34.8 Å². The zero-order valence-electron chi connectivity index (χ0n) is 4.93. The SMILES string of the molecule is ClC(Cl)Cl.O=C(O)CCO. The third-order valence-electron chi connectivity index (χ3n) is 0.326. The Morgan fingerprint density at radius 3 is 1.70 bits per heavy atom. The summed E-state index contributed by atoms with van der Waals surface area (Å²) < 4.78 is -0.750. The summed E-state index contributed by atoms with van der Waals surface area (Å²) in [5, 5.41) is 15.6. The molecular formula is C4H7Cl3O3. The van der Waals surface area contributed by atoms with Crippen LogP contribution in [0, 0.1) is 0 Å². The van der Waals surface area contributed by atoms with E-state index in [0.29, 0.717) is 0 Å². The van der Waals surface area contributed by atoms with Crippen molar-refractivity contribution in [2.75, 3.05) is 6.61 Å². The van der Waals surface area contributed by atoms with E-state index in [4.69, 9.17) is 45.0 Å². The van der Waals surface area contributed by atoms with Gasteiger partial charge in [-0.05, 0) is 0 Å². The normalized spacial score (nSPS) is 8.50. The molecule has 0 aliphatic carbocycles. The van der Waals surface area contributed by atoms with Gasteiger partial charge >= 0.3 is 5.97 Å². The van der Waals surface area contributed by atoms with Crippen molar-refractivity contribution in [3.63, 3.8) is 0 Å². The van der Waals surface area contributed by atoms with Crippen molar-refractivity contribution >= 4 is 40.8 Å². The van der Waals surface area contributed by atoms with Crippen LogP contribution in [0.1, 0.15) is 6.42 Å². The quantitative estimate of drug-likeness (QED) is 0.677. The first-order valence-electron chi connectivity index (χ1n) is 2.25. The van der Waals surface area contributed by atoms with Crippen molar-refractivity contribution < 1.29 is 15.0 Å². The number of carboxylic acid groups (broad SMARTS) is 1. The van der Waals surface area contributed by atoms with E-state index in [1.54, 1.807) is 0 Å². The highest BCUT2D eigenvalue weighted by Gasteiger charge is 1.88. The maximum Gasteiger partial charge on any atom is 0.305 e. The molecule has 0 heterocycles. The number of rotatable bonds is 2.